The number of nitrogen functional groups attached to an aromatic ring is 1. The Hall–Kier alpha value is -3.26. The molecule has 4 N–H and O–H groups in total. The lowest BCUT2D eigenvalue weighted by Gasteiger charge is -2.11. The van der Waals surface area contributed by atoms with E-state index in [0.29, 0.717) is 11.4 Å². The number of amides is 2. The van der Waals surface area contributed by atoms with Crippen molar-refractivity contribution < 1.29 is 23.9 Å². The zero-order valence-corrected chi connectivity index (χ0v) is 15.4. The van der Waals surface area contributed by atoms with Gasteiger partial charge in [-0.25, -0.2) is 4.79 Å². The first-order valence-electron chi connectivity index (χ1n) is 7.77. The lowest BCUT2D eigenvalue weighted by molar-refractivity contribution is -0.119. The fourth-order valence-electron chi connectivity index (χ4n) is 2.18. The molecule has 9 heteroatoms. The molecule has 2 amide bonds. The number of nitrogens with one attached hydrogen (secondary N) is 2. The molecule has 2 aromatic rings. The van der Waals surface area contributed by atoms with Crippen LogP contribution >= 0.6 is 11.6 Å². The molecule has 27 heavy (non-hydrogen) atoms. The number of methoxy groups -OCH3 is 1. The molecule has 0 bridgehead atoms. The fourth-order valence-corrected chi connectivity index (χ4v) is 2.35. The zero-order valence-electron chi connectivity index (χ0n) is 14.7. The first-order chi connectivity index (χ1) is 12.8. The van der Waals surface area contributed by atoms with Gasteiger partial charge in [-0.05, 0) is 24.3 Å². The van der Waals surface area contributed by atoms with E-state index < -0.39 is 18.5 Å². The Morgan fingerprint density at radius 2 is 1.78 bits per heavy atom. The second-order valence-corrected chi connectivity index (χ2v) is 5.87. The summed E-state index contributed by atoms with van der Waals surface area (Å²) in [4.78, 5) is 35.3. The van der Waals surface area contributed by atoms with E-state index in [2.05, 4.69) is 10.6 Å². The van der Waals surface area contributed by atoms with Gasteiger partial charge < -0.3 is 25.8 Å². The summed E-state index contributed by atoms with van der Waals surface area (Å²) in [5, 5.41) is 5.34. The molecule has 142 valence electrons. The molecule has 0 spiro atoms. The van der Waals surface area contributed by atoms with Crippen molar-refractivity contribution in [3.05, 3.63) is 47.0 Å². The van der Waals surface area contributed by atoms with Crippen LogP contribution in [0.3, 0.4) is 0 Å². The molecule has 0 heterocycles. The highest BCUT2D eigenvalue weighted by atomic mass is 35.5. The fraction of sp³-hybridized carbons (Fsp3) is 0.167. The molecular formula is C18H18ClN3O5. The minimum Gasteiger partial charge on any atom is -0.496 e. The molecule has 0 aliphatic rings. The summed E-state index contributed by atoms with van der Waals surface area (Å²) in [6, 6.07) is 9.25. The summed E-state index contributed by atoms with van der Waals surface area (Å²) < 4.78 is 10.1. The van der Waals surface area contributed by atoms with E-state index in [0.717, 1.165) is 0 Å². The molecule has 0 saturated heterocycles. The molecule has 0 aliphatic heterocycles. The van der Waals surface area contributed by atoms with Crippen LogP contribution in [-0.4, -0.2) is 31.5 Å². The summed E-state index contributed by atoms with van der Waals surface area (Å²) in [5.41, 5.74) is 6.93. The Bertz CT molecular complexity index is 885. The van der Waals surface area contributed by atoms with E-state index in [1.165, 1.54) is 26.2 Å². The number of hydrogen-bond donors (Lipinski definition) is 3. The van der Waals surface area contributed by atoms with Crippen molar-refractivity contribution in [3.63, 3.8) is 0 Å². The van der Waals surface area contributed by atoms with Crippen molar-refractivity contribution in [3.8, 4) is 5.75 Å². The van der Waals surface area contributed by atoms with Crippen LogP contribution in [0, 0.1) is 0 Å². The Morgan fingerprint density at radius 3 is 2.41 bits per heavy atom. The van der Waals surface area contributed by atoms with Crippen LogP contribution in [0.4, 0.5) is 17.1 Å². The molecule has 0 saturated carbocycles. The predicted octanol–water partition coefficient (Wildman–Crippen LogP) is 2.68. The molecule has 0 aliphatic carbocycles. The maximum absolute atomic E-state index is 12.2. The lowest BCUT2D eigenvalue weighted by Crippen LogP contribution is -2.21. The number of hydrogen-bond acceptors (Lipinski definition) is 6. The Morgan fingerprint density at radius 1 is 1.11 bits per heavy atom. The SMILES string of the molecule is COc1cc(N)c(Cl)cc1C(=O)OCC(=O)Nc1cccc(NC(C)=O)c1. The molecule has 2 rings (SSSR count). The number of rotatable bonds is 6. The Balaban J connectivity index is 1.99. The normalized spacial score (nSPS) is 10.0. The third-order valence-corrected chi connectivity index (χ3v) is 3.67. The minimum atomic E-state index is -0.782. The molecule has 0 unspecified atom stereocenters. The van der Waals surface area contributed by atoms with Crippen LogP contribution < -0.4 is 21.1 Å². The summed E-state index contributed by atoms with van der Waals surface area (Å²) >= 11 is 5.91. The third kappa shape index (κ3) is 5.61. The largest absolute Gasteiger partial charge is 0.496 e. The number of anilines is 3. The van der Waals surface area contributed by atoms with E-state index in [9.17, 15) is 14.4 Å². The van der Waals surface area contributed by atoms with Crippen molar-refractivity contribution in [2.24, 2.45) is 0 Å². The van der Waals surface area contributed by atoms with E-state index in [1.54, 1.807) is 24.3 Å². The number of benzene rings is 2. The third-order valence-electron chi connectivity index (χ3n) is 3.34. The van der Waals surface area contributed by atoms with Gasteiger partial charge in [-0.1, -0.05) is 17.7 Å². The van der Waals surface area contributed by atoms with Crippen LogP contribution in [0.5, 0.6) is 5.75 Å². The number of halogens is 1. The molecule has 0 fully saturated rings. The van der Waals surface area contributed by atoms with Gasteiger partial charge in [-0.3, -0.25) is 9.59 Å². The van der Waals surface area contributed by atoms with Crippen LogP contribution in [0.25, 0.3) is 0 Å². The Labute approximate surface area is 160 Å². The summed E-state index contributed by atoms with van der Waals surface area (Å²) in [6.45, 7) is 0.858. The zero-order chi connectivity index (χ0) is 20.0. The van der Waals surface area contributed by atoms with E-state index >= 15 is 0 Å². The standard InChI is InChI=1S/C18H18ClN3O5/c1-10(23)21-11-4-3-5-12(6-11)22-17(24)9-27-18(25)13-7-14(19)15(20)8-16(13)26-2/h3-8H,9,20H2,1-2H3,(H,21,23)(H,22,24). The van der Waals surface area contributed by atoms with Crippen LogP contribution in [-0.2, 0) is 14.3 Å². The monoisotopic (exact) mass is 391 g/mol. The van der Waals surface area contributed by atoms with Crippen LogP contribution in [0.15, 0.2) is 36.4 Å². The number of carbonyl (C=O) groups is 3. The van der Waals surface area contributed by atoms with Gasteiger partial charge in [-0.15, -0.1) is 0 Å². The van der Waals surface area contributed by atoms with Gasteiger partial charge in [-0.2, -0.15) is 0 Å². The van der Waals surface area contributed by atoms with E-state index in [4.69, 9.17) is 26.8 Å². The van der Waals surface area contributed by atoms with Gasteiger partial charge in [0.2, 0.25) is 5.91 Å². The number of ether oxygens (including phenoxy) is 2. The quantitative estimate of drug-likeness (QED) is 0.514. The average Bonchev–Trinajstić information content (AvgIpc) is 2.61. The molecule has 2 aromatic carbocycles. The smallest absolute Gasteiger partial charge is 0.342 e. The minimum absolute atomic E-state index is 0.0529. The Kier molecular flexibility index (Phi) is 6.62. The molecule has 0 atom stereocenters. The number of carbonyl (C=O) groups excluding carboxylic acids is 3. The first kappa shape index (κ1) is 20.1. The summed E-state index contributed by atoms with van der Waals surface area (Å²) in [5.74, 6) is -1.38. The van der Waals surface area contributed by atoms with Crippen LogP contribution in [0.1, 0.15) is 17.3 Å². The van der Waals surface area contributed by atoms with Crippen molar-refractivity contribution >= 4 is 46.4 Å². The molecule has 0 aromatic heterocycles. The van der Waals surface area contributed by atoms with Crippen molar-refractivity contribution in [1.29, 1.82) is 0 Å². The van der Waals surface area contributed by atoms with Crippen molar-refractivity contribution in [2.45, 2.75) is 6.92 Å². The highest BCUT2D eigenvalue weighted by Crippen LogP contribution is 2.29. The average molecular weight is 392 g/mol. The van der Waals surface area contributed by atoms with E-state index in [-0.39, 0.29) is 27.9 Å². The number of nitrogens with two attached hydrogens (primary N) is 1. The first-order valence-corrected chi connectivity index (χ1v) is 8.15. The van der Waals surface area contributed by atoms with Gasteiger partial charge in [0.05, 0.1) is 17.8 Å². The molecule has 0 radical (unpaired) electrons. The molecule has 8 nitrogen and oxygen atoms in total. The maximum Gasteiger partial charge on any atom is 0.342 e. The number of esters is 1. The maximum atomic E-state index is 12.2. The van der Waals surface area contributed by atoms with Crippen molar-refractivity contribution in [2.75, 3.05) is 30.1 Å². The van der Waals surface area contributed by atoms with Gasteiger partial charge in [0.15, 0.2) is 6.61 Å². The van der Waals surface area contributed by atoms with Gasteiger partial charge in [0, 0.05) is 24.4 Å². The van der Waals surface area contributed by atoms with Gasteiger partial charge in [0.25, 0.3) is 5.91 Å². The topological polar surface area (TPSA) is 120 Å². The van der Waals surface area contributed by atoms with E-state index in [1.807, 2.05) is 0 Å². The highest BCUT2D eigenvalue weighted by Gasteiger charge is 2.17. The lowest BCUT2D eigenvalue weighted by atomic mass is 10.2. The van der Waals surface area contributed by atoms with Crippen molar-refractivity contribution in [1.82, 2.24) is 0 Å². The second-order valence-electron chi connectivity index (χ2n) is 5.46. The summed E-state index contributed by atoms with van der Waals surface area (Å²) in [7, 11) is 1.37. The molecular weight excluding hydrogens is 374 g/mol. The van der Waals surface area contributed by atoms with Crippen LogP contribution in [0.2, 0.25) is 5.02 Å². The summed E-state index contributed by atoms with van der Waals surface area (Å²) in [6.07, 6.45) is 0. The van der Waals surface area contributed by atoms with Gasteiger partial charge in [0.1, 0.15) is 11.3 Å². The highest BCUT2D eigenvalue weighted by molar-refractivity contribution is 6.33. The van der Waals surface area contributed by atoms with Gasteiger partial charge >= 0.3 is 5.97 Å². The predicted molar refractivity (Wildman–Crippen MR) is 102 cm³/mol. The second kappa shape index (κ2) is 8.91.